The minimum absolute atomic E-state index is 0. The molecule has 8 unspecified atom stereocenters. The molecular weight excluding hydrogens is 1300 g/mol. The molecule has 3 aliphatic heterocycles. The second-order valence-electron chi connectivity index (χ2n) is 34.1. The van der Waals surface area contributed by atoms with E-state index >= 15 is 0 Å². The average Bonchev–Trinajstić information content (AvgIpc) is 1.39. The zero-order valence-corrected chi connectivity index (χ0v) is 60.6. The van der Waals surface area contributed by atoms with Crippen LogP contribution in [0.2, 0.25) is 0 Å². The minimum Gasteiger partial charge on any atom is -0.463 e. The highest BCUT2D eigenvalue weighted by Crippen LogP contribution is 2.62. The van der Waals surface area contributed by atoms with E-state index in [1.807, 2.05) is 69.2 Å². The molecular formula is C86H164O17. The van der Waals surface area contributed by atoms with E-state index in [2.05, 4.69) is 20.8 Å². The fourth-order valence-electron chi connectivity index (χ4n) is 17.3. The number of hydrogen-bond acceptors (Lipinski definition) is 17. The van der Waals surface area contributed by atoms with Crippen molar-refractivity contribution in [1.29, 1.82) is 0 Å². The van der Waals surface area contributed by atoms with Crippen molar-refractivity contribution in [2.45, 2.75) is 412 Å². The first kappa shape index (κ1) is 105. The van der Waals surface area contributed by atoms with Crippen LogP contribution in [0, 0.1) is 80.3 Å². The SMILES string of the molecule is C.C.C.C.C.C.C.C.C.C.CCC(C)(C)C(=O)OC1(CC)C2CC3CC(C2)CC1C3.CCC(C)(C)C(=O)OC12CC3CC(CC(O)(C3)C1)C2.CCC(C)(C)C(=O)OC1CCOC1=O.CCC(C)(C)C(=O)OCC(=O)OC1C2CC3CC(C2)C(=O)OC1C3.CCC1(OC(=O)C(C)(C)CC)CCCCC1. The van der Waals surface area contributed by atoms with E-state index in [-0.39, 0.29) is 156 Å². The Morgan fingerprint density at radius 3 is 1.34 bits per heavy atom. The molecule has 17 heteroatoms. The Morgan fingerprint density at radius 2 is 0.903 bits per heavy atom. The molecule has 3 saturated heterocycles. The Kier molecular flexibility index (Phi) is 42.7. The Hall–Kier alpha value is -4.28. The van der Waals surface area contributed by atoms with Gasteiger partial charge in [-0.2, -0.15) is 0 Å². The van der Waals surface area contributed by atoms with Crippen LogP contribution in [0.3, 0.4) is 0 Å². The van der Waals surface area contributed by atoms with E-state index in [9.17, 15) is 43.5 Å². The van der Waals surface area contributed by atoms with Gasteiger partial charge in [0, 0.05) is 18.8 Å². The van der Waals surface area contributed by atoms with Crippen LogP contribution in [0.4, 0.5) is 0 Å². The van der Waals surface area contributed by atoms with Gasteiger partial charge in [0.05, 0.1) is 45.2 Å². The van der Waals surface area contributed by atoms with E-state index < -0.39 is 52.0 Å². The Balaban J connectivity index is -0.000000587. The van der Waals surface area contributed by atoms with Gasteiger partial charge in [0.2, 0.25) is 6.10 Å². The standard InChI is InChI=1S/C18H26O6.C18H30O2.C16H26O3.C14H26O2.C10H16O4.10CH4/c1-4-18(2,3)17(21)22-9-14(19)24-15-11-5-10-6-12(8-11)16(20)23-13(15)7-10;1-5-17(3,4)16(19)20-18(6-2)14-8-12-7-13(10-14)11-15(18)9-12;1-4-14(2,3)13(17)19-16-8-11-5-12(9-16)7-15(18,6-11)10-16;1-5-13(3,4)12(15)16-14(6-2)10-8-7-9-11-14;1-4-10(2,3)9(12)14-7-5-6-13-8(7)11;;;;;;;;;;/h10-13,15H,4-9H2,1-3H3;12-15H,5-11H2,1-4H3;11-12,18H,4-10H2,1-3H3;5-11H2,1-4H3;7H,4-6H2,1-3H3;10*1H4. The summed E-state index contributed by atoms with van der Waals surface area (Å²) in [7, 11) is 0. The van der Waals surface area contributed by atoms with E-state index in [1.165, 1.54) is 57.8 Å². The molecule has 17 nitrogen and oxygen atoms in total. The van der Waals surface area contributed by atoms with E-state index in [1.54, 1.807) is 27.7 Å². The fraction of sp³-hybridized carbons (Fsp3) is 0.907. The largest absolute Gasteiger partial charge is 0.463 e. The zero-order chi connectivity index (χ0) is 68.9. The van der Waals surface area contributed by atoms with Gasteiger partial charge in [-0.15, -0.1) is 0 Å². The molecule has 14 aliphatic rings. The molecule has 14 fully saturated rings. The molecule has 0 radical (unpaired) electrons. The maximum atomic E-state index is 12.6. The number of cyclic esters (lactones) is 1. The third kappa shape index (κ3) is 25.1. The van der Waals surface area contributed by atoms with Gasteiger partial charge in [-0.3, -0.25) is 28.8 Å². The summed E-state index contributed by atoms with van der Waals surface area (Å²) in [5.41, 5.74) is -3.41. The molecule has 1 N–H and O–H groups in total. The molecule has 0 aromatic heterocycles. The van der Waals surface area contributed by atoms with Gasteiger partial charge in [0.25, 0.3) is 0 Å². The zero-order valence-electron chi connectivity index (χ0n) is 60.6. The lowest BCUT2D eigenvalue weighted by Gasteiger charge is -2.60. The number of hydrogen-bond donors (Lipinski definition) is 1. The number of carbonyl (C=O) groups excluding carboxylic acids is 8. The maximum Gasteiger partial charge on any atom is 0.347 e. The number of fused-ring (bicyclic) bond motifs is 1. The maximum absolute atomic E-state index is 12.6. The second kappa shape index (κ2) is 41.9. The number of ether oxygens (including phenoxy) is 8. The molecule has 12 bridgehead atoms. The van der Waals surface area contributed by atoms with Crippen LogP contribution in [0.5, 0.6) is 0 Å². The number of esters is 8. The summed E-state index contributed by atoms with van der Waals surface area (Å²) in [5.74, 6) is 2.92. The second-order valence-corrected chi connectivity index (χ2v) is 34.1. The lowest BCUT2D eigenvalue weighted by Crippen LogP contribution is -2.61. The first-order valence-corrected chi connectivity index (χ1v) is 36.8. The third-order valence-corrected chi connectivity index (χ3v) is 25.1. The molecule has 0 aromatic rings. The first-order chi connectivity index (χ1) is 43.4. The molecule has 11 saturated carbocycles. The molecule has 11 aliphatic carbocycles. The van der Waals surface area contributed by atoms with Crippen molar-refractivity contribution in [3.63, 3.8) is 0 Å². The molecule has 0 amide bonds. The monoisotopic (exact) mass is 1470 g/mol. The lowest BCUT2D eigenvalue weighted by molar-refractivity contribution is -0.225. The van der Waals surface area contributed by atoms with E-state index in [4.69, 9.17) is 37.9 Å². The van der Waals surface area contributed by atoms with Crippen molar-refractivity contribution in [1.82, 2.24) is 0 Å². The van der Waals surface area contributed by atoms with Crippen molar-refractivity contribution in [3.05, 3.63) is 0 Å². The summed E-state index contributed by atoms with van der Waals surface area (Å²) in [6.45, 7) is 33.3. The van der Waals surface area contributed by atoms with Gasteiger partial charge >= 0.3 is 47.8 Å². The van der Waals surface area contributed by atoms with Crippen molar-refractivity contribution in [3.8, 4) is 0 Å². The highest BCUT2D eigenvalue weighted by molar-refractivity contribution is 5.83. The van der Waals surface area contributed by atoms with Gasteiger partial charge in [0.1, 0.15) is 29.0 Å². The Labute approximate surface area is 632 Å². The third-order valence-electron chi connectivity index (χ3n) is 25.1. The highest BCUT2D eigenvalue weighted by atomic mass is 16.6. The van der Waals surface area contributed by atoms with E-state index in [0.717, 1.165) is 108 Å². The molecule has 8 atom stereocenters. The average molecular weight is 1470 g/mol. The number of aliphatic hydroxyl groups is 1. The minimum atomic E-state index is -0.687. The topological polar surface area (TPSA) is 231 Å². The van der Waals surface area contributed by atoms with Gasteiger partial charge in [-0.25, -0.2) is 9.59 Å². The lowest BCUT2D eigenvalue weighted by atomic mass is 9.49. The van der Waals surface area contributed by atoms with Crippen LogP contribution < -0.4 is 0 Å². The van der Waals surface area contributed by atoms with Crippen molar-refractivity contribution in [2.75, 3.05) is 13.2 Å². The number of carbonyl (C=O) groups is 8. The van der Waals surface area contributed by atoms with Crippen LogP contribution in [0.15, 0.2) is 0 Å². The van der Waals surface area contributed by atoms with Gasteiger partial charge in [-0.1, -0.05) is 129 Å². The van der Waals surface area contributed by atoms with Crippen LogP contribution >= 0.6 is 0 Å². The number of rotatable bonds is 19. The van der Waals surface area contributed by atoms with Gasteiger partial charge in [-0.05, 0) is 271 Å². The summed E-state index contributed by atoms with van der Waals surface area (Å²) in [4.78, 5) is 95.8. The molecule has 14 rings (SSSR count). The molecule has 103 heavy (non-hydrogen) atoms. The summed E-state index contributed by atoms with van der Waals surface area (Å²) >= 11 is 0. The predicted molar refractivity (Wildman–Crippen MR) is 420 cm³/mol. The quantitative estimate of drug-likeness (QED) is 0.0936. The normalized spacial score (nSPS) is 30.7. The molecule has 610 valence electrons. The predicted octanol–water partition coefficient (Wildman–Crippen LogP) is 21.6. The fourth-order valence-corrected chi connectivity index (χ4v) is 17.3. The molecule has 0 spiro atoms. The van der Waals surface area contributed by atoms with Gasteiger partial charge < -0.3 is 43.0 Å². The Bertz CT molecular complexity index is 2580. The highest BCUT2D eigenvalue weighted by Gasteiger charge is 2.61. The summed E-state index contributed by atoms with van der Waals surface area (Å²) in [5, 5.41) is 10.6. The van der Waals surface area contributed by atoms with Crippen molar-refractivity contribution >= 4 is 47.8 Å². The van der Waals surface area contributed by atoms with E-state index in [0.29, 0.717) is 61.9 Å². The molecule has 0 aromatic carbocycles. The van der Waals surface area contributed by atoms with Crippen LogP contribution in [-0.2, 0) is 76.3 Å². The van der Waals surface area contributed by atoms with Crippen molar-refractivity contribution < 1.29 is 81.4 Å². The van der Waals surface area contributed by atoms with Gasteiger partial charge in [0.15, 0.2) is 6.61 Å². The van der Waals surface area contributed by atoms with Crippen molar-refractivity contribution in [2.24, 2.45) is 80.3 Å². The van der Waals surface area contributed by atoms with Crippen LogP contribution in [0.25, 0.3) is 0 Å². The molecule has 3 heterocycles. The summed E-state index contributed by atoms with van der Waals surface area (Å²) < 4.78 is 44.0. The first-order valence-electron chi connectivity index (χ1n) is 36.8. The Morgan fingerprint density at radius 1 is 0.466 bits per heavy atom. The summed E-state index contributed by atoms with van der Waals surface area (Å²) in [6.07, 6.45) is 26.3. The summed E-state index contributed by atoms with van der Waals surface area (Å²) in [6, 6.07) is 0. The van der Waals surface area contributed by atoms with Crippen LogP contribution in [0.1, 0.15) is 372 Å². The smallest absolute Gasteiger partial charge is 0.347 e. The van der Waals surface area contributed by atoms with Crippen LogP contribution in [-0.4, -0.2) is 107 Å².